The molecule has 1 aromatic rings. The quantitative estimate of drug-likeness (QED) is 0.582. The molecule has 4 heteroatoms. The molecular formula is C10H11FN2O. The predicted molar refractivity (Wildman–Crippen MR) is 50.3 cm³/mol. The Morgan fingerprint density at radius 1 is 1.57 bits per heavy atom. The van der Waals surface area contributed by atoms with E-state index in [9.17, 15) is 4.39 Å². The molecule has 0 saturated carbocycles. The van der Waals surface area contributed by atoms with Gasteiger partial charge in [-0.05, 0) is 17.7 Å². The summed E-state index contributed by atoms with van der Waals surface area (Å²) in [6, 6.07) is 6.66. The van der Waals surface area contributed by atoms with Crippen LogP contribution in [0.15, 0.2) is 18.2 Å². The van der Waals surface area contributed by atoms with E-state index in [1.165, 1.54) is 13.2 Å². The van der Waals surface area contributed by atoms with E-state index in [0.29, 0.717) is 6.54 Å². The number of hydrogen-bond donors (Lipinski definition) is 1. The molecule has 0 aliphatic carbocycles. The molecule has 0 aromatic heterocycles. The lowest BCUT2D eigenvalue weighted by atomic mass is 10.2. The molecule has 1 rings (SSSR count). The molecule has 74 valence electrons. The van der Waals surface area contributed by atoms with Crippen LogP contribution in [0.1, 0.15) is 5.56 Å². The fourth-order valence-corrected chi connectivity index (χ4v) is 1.08. The summed E-state index contributed by atoms with van der Waals surface area (Å²) in [5.74, 6) is -0.155. The number of nitrogens with one attached hydrogen (secondary N) is 1. The average Bonchev–Trinajstić information content (AvgIpc) is 2.18. The monoisotopic (exact) mass is 194 g/mol. The molecule has 1 N–H and O–H groups in total. The summed E-state index contributed by atoms with van der Waals surface area (Å²) in [5.41, 5.74) is 0.790. The second-order valence-electron chi connectivity index (χ2n) is 2.73. The zero-order valence-electron chi connectivity index (χ0n) is 7.88. The van der Waals surface area contributed by atoms with Crippen LogP contribution in [0, 0.1) is 17.1 Å². The Hall–Kier alpha value is -1.60. The number of benzene rings is 1. The van der Waals surface area contributed by atoms with Gasteiger partial charge in [0.05, 0.1) is 19.7 Å². The highest BCUT2D eigenvalue weighted by Crippen LogP contribution is 2.17. The molecular weight excluding hydrogens is 183 g/mol. The van der Waals surface area contributed by atoms with E-state index in [4.69, 9.17) is 10.00 Å². The van der Waals surface area contributed by atoms with Gasteiger partial charge in [0.25, 0.3) is 0 Å². The zero-order valence-corrected chi connectivity index (χ0v) is 7.88. The highest BCUT2D eigenvalue weighted by atomic mass is 19.1. The third-order valence-electron chi connectivity index (χ3n) is 1.75. The van der Waals surface area contributed by atoms with Crippen molar-refractivity contribution in [3.05, 3.63) is 29.6 Å². The van der Waals surface area contributed by atoms with Gasteiger partial charge >= 0.3 is 0 Å². The maximum absolute atomic E-state index is 13.1. The van der Waals surface area contributed by atoms with Crippen LogP contribution in [0.4, 0.5) is 4.39 Å². The molecule has 0 fully saturated rings. The maximum Gasteiger partial charge on any atom is 0.165 e. The molecule has 0 heterocycles. The lowest BCUT2D eigenvalue weighted by Gasteiger charge is -2.04. The van der Waals surface area contributed by atoms with Crippen molar-refractivity contribution in [2.75, 3.05) is 13.7 Å². The summed E-state index contributed by atoms with van der Waals surface area (Å²) in [6.45, 7) is 0.738. The number of halogens is 1. The first-order valence-electron chi connectivity index (χ1n) is 4.18. The number of ether oxygens (including phenoxy) is 1. The maximum atomic E-state index is 13.1. The van der Waals surface area contributed by atoms with Crippen molar-refractivity contribution in [3.8, 4) is 11.8 Å². The molecule has 0 aliphatic rings. The lowest BCUT2D eigenvalue weighted by Crippen LogP contribution is -2.13. The van der Waals surface area contributed by atoms with Crippen molar-refractivity contribution in [2.24, 2.45) is 0 Å². The van der Waals surface area contributed by atoms with Gasteiger partial charge in [-0.1, -0.05) is 6.07 Å². The molecule has 0 bridgehead atoms. The van der Waals surface area contributed by atoms with Crippen LogP contribution in [-0.2, 0) is 6.54 Å². The van der Waals surface area contributed by atoms with Gasteiger partial charge in [-0.2, -0.15) is 5.26 Å². The van der Waals surface area contributed by atoms with Gasteiger partial charge in [0.2, 0.25) is 0 Å². The van der Waals surface area contributed by atoms with E-state index in [-0.39, 0.29) is 18.1 Å². The Balaban J connectivity index is 2.63. The third-order valence-corrected chi connectivity index (χ3v) is 1.75. The first kappa shape index (κ1) is 10.5. The van der Waals surface area contributed by atoms with E-state index in [2.05, 4.69) is 5.32 Å². The SMILES string of the molecule is COc1ccc(CNCC#N)cc1F. The van der Waals surface area contributed by atoms with Gasteiger partial charge in [0.1, 0.15) is 0 Å². The summed E-state index contributed by atoms with van der Waals surface area (Å²) in [7, 11) is 1.42. The van der Waals surface area contributed by atoms with Gasteiger partial charge in [-0.3, -0.25) is 0 Å². The van der Waals surface area contributed by atoms with E-state index >= 15 is 0 Å². The number of rotatable bonds is 4. The van der Waals surface area contributed by atoms with Crippen molar-refractivity contribution >= 4 is 0 Å². The number of methoxy groups -OCH3 is 1. The van der Waals surface area contributed by atoms with Crippen molar-refractivity contribution < 1.29 is 9.13 Å². The molecule has 0 aliphatic heterocycles. The smallest absolute Gasteiger partial charge is 0.165 e. The highest BCUT2D eigenvalue weighted by Gasteiger charge is 2.02. The number of nitrogens with zero attached hydrogens (tertiary/aromatic N) is 1. The molecule has 0 amide bonds. The van der Waals surface area contributed by atoms with Crippen LogP contribution in [-0.4, -0.2) is 13.7 Å². The minimum atomic E-state index is -0.385. The standard InChI is InChI=1S/C10H11FN2O/c1-14-10-3-2-8(6-9(10)11)7-13-5-4-12/h2-3,6,13H,5,7H2,1H3. The first-order valence-corrected chi connectivity index (χ1v) is 4.18. The Bertz CT molecular complexity index is 346. The minimum absolute atomic E-state index is 0.231. The lowest BCUT2D eigenvalue weighted by molar-refractivity contribution is 0.386. The molecule has 14 heavy (non-hydrogen) atoms. The van der Waals surface area contributed by atoms with E-state index < -0.39 is 0 Å². The molecule has 0 radical (unpaired) electrons. The second-order valence-corrected chi connectivity index (χ2v) is 2.73. The normalized spacial score (nSPS) is 9.50. The number of hydrogen-bond acceptors (Lipinski definition) is 3. The summed E-state index contributed by atoms with van der Waals surface area (Å²) >= 11 is 0. The van der Waals surface area contributed by atoms with Gasteiger partial charge in [-0.15, -0.1) is 0 Å². The van der Waals surface area contributed by atoms with Crippen molar-refractivity contribution in [1.82, 2.24) is 5.32 Å². The topological polar surface area (TPSA) is 45.0 Å². The van der Waals surface area contributed by atoms with Crippen molar-refractivity contribution in [1.29, 1.82) is 5.26 Å². The second kappa shape index (κ2) is 5.20. The van der Waals surface area contributed by atoms with Gasteiger partial charge < -0.3 is 10.1 Å². The largest absolute Gasteiger partial charge is 0.494 e. The molecule has 0 spiro atoms. The van der Waals surface area contributed by atoms with Crippen LogP contribution in [0.3, 0.4) is 0 Å². The number of nitriles is 1. The fourth-order valence-electron chi connectivity index (χ4n) is 1.08. The Morgan fingerprint density at radius 3 is 2.93 bits per heavy atom. The average molecular weight is 194 g/mol. The highest BCUT2D eigenvalue weighted by molar-refractivity contribution is 5.29. The summed E-state index contributed by atoms with van der Waals surface area (Å²) in [6.07, 6.45) is 0. The van der Waals surface area contributed by atoms with Gasteiger partial charge in [-0.25, -0.2) is 4.39 Å². The van der Waals surface area contributed by atoms with E-state index in [1.54, 1.807) is 12.1 Å². The van der Waals surface area contributed by atoms with Crippen LogP contribution in [0.2, 0.25) is 0 Å². The molecule has 0 unspecified atom stereocenters. The molecule has 1 aromatic carbocycles. The summed E-state index contributed by atoms with van der Waals surface area (Å²) in [4.78, 5) is 0. The third kappa shape index (κ3) is 2.71. The van der Waals surface area contributed by atoms with Crippen LogP contribution in [0.5, 0.6) is 5.75 Å². The minimum Gasteiger partial charge on any atom is -0.494 e. The Kier molecular flexibility index (Phi) is 3.89. The van der Waals surface area contributed by atoms with E-state index in [1.807, 2.05) is 6.07 Å². The van der Waals surface area contributed by atoms with Crippen LogP contribution < -0.4 is 10.1 Å². The molecule has 0 saturated heterocycles. The Morgan fingerprint density at radius 2 is 2.36 bits per heavy atom. The van der Waals surface area contributed by atoms with Crippen LogP contribution in [0.25, 0.3) is 0 Å². The van der Waals surface area contributed by atoms with Crippen molar-refractivity contribution in [3.63, 3.8) is 0 Å². The van der Waals surface area contributed by atoms with Crippen molar-refractivity contribution in [2.45, 2.75) is 6.54 Å². The van der Waals surface area contributed by atoms with E-state index in [0.717, 1.165) is 5.56 Å². The fraction of sp³-hybridized carbons (Fsp3) is 0.300. The predicted octanol–water partition coefficient (Wildman–Crippen LogP) is 1.45. The molecule has 0 atom stereocenters. The summed E-state index contributed by atoms with van der Waals surface area (Å²) in [5, 5.41) is 11.1. The summed E-state index contributed by atoms with van der Waals surface area (Å²) < 4.78 is 17.9. The zero-order chi connectivity index (χ0) is 10.4. The van der Waals surface area contributed by atoms with Crippen LogP contribution >= 0.6 is 0 Å². The molecule has 3 nitrogen and oxygen atoms in total. The first-order chi connectivity index (χ1) is 6.77. The van der Waals surface area contributed by atoms with Gasteiger partial charge in [0.15, 0.2) is 11.6 Å². The Labute approximate surface area is 82.1 Å². The van der Waals surface area contributed by atoms with Gasteiger partial charge in [0, 0.05) is 6.54 Å².